The van der Waals surface area contributed by atoms with Crippen LogP contribution in [0.25, 0.3) is 0 Å². The van der Waals surface area contributed by atoms with E-state index < -0.39 is 0 Å². The zero-order valence-electron chi connectivity index (χ0n) is 5.27. The number of aryl methyl sites for hydroxylation is 1. The summed E-state index contributed by atoms with van der Waals surface area (Å²) in [6.07, 6.45) is 1.92. The van der Waals surface area contributed by atoms with Crippen molar-refractivity contribution in [2.24, 2.45) is 7.05 Å². The van der Waals surface area contributed by atoms with Gasteiger partial charge in [0.2, 0.25) is 0 Å². The van der Waals surface area contributed by atoms with Gasteiger partial charge in [0.05, 0.1) is 4.47 Å². The van der Waals surface area contributed by atoms with E-state index in [1.54, 1.807) is 0 Å². The normalized spacial score (nSPS) is 9.90. The van der Waals surface area contributed by atoms with Gasteiger partial charge in [0.15, 0.2) is 0 Å². The van der Waals surface area contributed by atoms with E-state index >= 15 is 0 Å². The fourth-order valence-electron chi connectivity index (χ4n) is 0.632. The van der Waals surface area contributed by atoms with Gasteiger partial charge in [0.25, 0.3) is 0 Å². The first-order valence-electron chi connectivity index (χ1n) is 2.63. The van der Waals surface area contributed by atoms with Crippen LogP contribution in [0.15, 0.2) is 21.2 Å². The van der Waals surface area contributed by atoms with Gasteiger partial charge in [0, 0.05) is 17.7 Å². The Hall–Kier alpha value is 0.330. The van der Waals surface area contributed by atoms with E-state index in [0.717, 1.165) is 13.6 Å². The van der Waals surface area contributed by atoms with Gasteiger partial charge in [-0.15, -0.1) is 0 Å². The Morgan fingerprint density at radius 1 is 1.50 bits per heavy atom. The van der Waals surface area contributed by atoms with Gasteiger partial charge in [-0.05, 0) is 37.9 Å². The summed E-state index contributed by atoms with van der Waals surface area (Å²) in [5.41, 5.74) is 0. The molecule has 1 aromatic rings. The van der Waals surface area contributed by atoms with Crippen molar-refractivity contribution in [1.82, 2.24) is 4.57 Å². The molecular weight excluding hydrogens is 278 g/mol. The number of hydrogen-bond acceptors (Lipinski definition) is 1. The molecule has 0 aliphatic carbocycles. The van der Waals surface area contributed by atoms with Crippen LogP contribution < -0.4 is 0 Å². The molecule has 0 aliphatic heterocycles. The average Bonchev–Trinajstić information content (AvgIpc) is 1.82. The fourth-order valence-corrected chi connectivity index (χ4v) is 2.11. The van der Waals surface area contributed by atoms with Gasteiger partial charge >= 0.3 is 0 Å². The van der Waals surface area contributed by atoms with Crippen LogP contribution in [0.4, 0.5) is 0 Å². The van der Waals surface area contributed by atoms with Crippen LogP contribution in [0, 0.1) is 4.64 Å². The summed E-state index contributed by atoms with van der Waals surface area (Å²) in [7, 11) is 1.91. The summed E-state index contributed by atoms with van der Waals surface area (Å²) in [4.78, 5) is 0. The third-order valence-corrected chi connectivity index (χ3v) is 2.91. The Bertz CT molecular complexity index is 279. The van der Waals surface area contributed by atoms with E-state index in [2.05, 4.69) is 31.9 Å². The molecule has 0 radical (unpaired) electrons. The smallest absolute Gasteiger partial charge is 0.120 e. The van der Waals surface area contributed by atoms with Crippen molar-refractivity contribution >= 4 is 44.1 Å². The summed E-state index contributed by atoms with van der Waals surface area (Å²) in [6, 6.07) is 1.93. The molecule has 54 valence electrons. The number of pyridine rings is 1. The molecule has 0 aromatic carbocycles. The Labute approximate surface area is 81.3 Å². The van der Waals surface area contributed by atoms with Gasteiger partial charge in [0.1, 0.15) is 4.64 Å². The Balaban J connectivity index is 3.46. The number of rotatable bonds is 0. The van der Waals surface area contributed by atoms with Crippen molar-refractivity contribution in [2.45, 2.75) is 0 Å². The van der Waals surface area contributed by atoms with E-state index in [0.29, 0.717) is 0 Å². The maximum Gasteiger partial charge on any atom is 0.120 e. The number of aromatic nitrogens is 1. The van der Waals surface area contributed by atoms with Gasteiger partial charge < -0.3 is 4.57 Å². The van der Waals surface area contributed by atoms with Gasteiger partial charge in [-0.2, -0.15) is 0 Å². The lowest BCUT2D eigenvalue weighted by molar-refractivity contribution is 0.876. The summed E-state index contributed by atoms with van der Waals surface area (Å²) in [5.74, 6) is 0. The summed E-state index contributed by atoms with van der Waals surface area (Å²) >= 11 is 11.7. The molecule has 0 spiro atoms. The van der Waals surface area contributed by atoms with E-state index in [-0.39, 0.29) is 0 Å². The highest BCUT2D eigenvalue weighted by molar-refractivity contribution is 9.11. The third-order valence-electron chi connectivity index (χ3n) is 1.11. The first kappa shape index (κ1) is 8.43. The molecule has 0 amide bonds. The molecule has 0 unspecified atom stereocenters. The molecule has 0 saturated heterocycles. The summed E-state index contributed by atoms with van der Waals surface area (Å²) < 4.78 is 4.65. The quantitative estimate of drug-likeness (QED) is 0.661. The van der Waals surface area contributed by atoms with Gasteiger partial charge in [-0.25, -0.2) is 0 Å². The summed E-state index contributed by atoms with van der Waals surface area (Å²) in [5, 5.41) is 0. The lowest BCUT2D eigenvalue weighted by Crippen LogP contribution is -1.91. The molecule has 4 heteroatoms. The fraction of sp³-hybridized carbons (Fsp3) is 0.167. The highest BCUT2D eigenvalue weighted by Crippen LogP contribution is 2.17. The number of halogens is 2. The number of hydrogen-bond donors (Lipinski definition) is 0. The first-order valence-corrected chi connectivity index (χ1v) is 4.62. The zero-order valence-corrected chi connectivity index (χ0v) is 9.25. The third kappa shape index (κ3) is 1.68. The van der Waals surface area contributed by atoms with Crippen LogP contribution in [-0.2, 0) is 7.05 Å². The maximum atomic E-state index is 5.05. The summed E-state index contributed by atoms with van der Waals surface area (Å²) in [6.45, 7) is 0. The molecule has 0 bridgehead atoms. The molecule has 0 N–H and O–H groups in total. The minimum Gasteiger partial charge on any atom is -0.340 e. The maximum absolute atomic E-state index is 5.05. The second kappa shape index (κ2) is 3.15. The molecule has 1 aromatic heterocycles. The predicted octanol–water partition coefficient (Wildman–Crippen LogP) is 3.28. The molecule has 1 rings (SSSR count). The van der Waals surface area contributed by atoms with Crippen molar-refractivity contribution in [3.63, 3.8) is 0 Å². The molecule has 0 aliphatic rings. The van der Waals surface area contributed by atoms with Crippen molar-refractivity contribution in [3.8, 4) is 0 Å². The van der Waals surface area contributed by atoms with Gasteiger partial charge in [-0.3, -0.25) is 0 Å². The zero-order chi connectivity index (χ0) is 7.72. The monoisotopic (exact) mass is 281 g/mol. The highest BCUT2D eigenvalue weighted by Gasteiger charge is 1.94. The van der Waals surface area contributed by atoms with Crippen molar-refractivity contribution < 1.29 is 0 Å². The van der Waals surface area contributed by atoms with E-state index in [9.17, 15) is 0 Å². The lowest BCUT2D eigenvalue weighted by Gasteiger charge is -2.00. The molecule has 10 heavy (non-hydrogen) atoms. The Morgan fingerprint density at radius 2 is 2.10 bits per heavy atom. The molecule has 0 atom stereocenters. The topological polar surface area (TPSA) is 4.93 Å². The van der Waals surface area contributed by atoms with Gasteiger partial charge in [-0.1, -0.05) is 12.2 Å². The standard InChI is InChI=1S/C6H5Br2NS/c1-9-3-4(7)2-5(8)6(9)10/h2-3H,1H3. The van der Waals surface area contributed by atoms with Crippen LogP contribution in [0.3, 0.4) is 0 Å². The highest BCUT2D eigenvalue weighted by atomic mass is 79.9. The van der Waals surface area contributed by atoms with E-state index in [1.807, 2.05) is 23.9 Å². The second-order valence-electron chi connectivity index (χ2n) is 1.92. The van der Waals surface area contributed by atoms with Crippen molar-refractivity contribution in [1.29, 1.82) is 0 Å². The van der Waals surface area contributed by atoms with Crippen LogP contribution in [-0.4, -0.2) is 4.57 Å². The SMILES string of the molecule is Cn1cc(Br)cc(Br)c1=S. The second-order valence-corrected chi connectivity index (χ2v) is 4.08. The predicted molar refractivity (Wildman–Crippen MR) is 51.6 cm³/mol. The molecule has 1 nitrogen and oxygen atoms in total. The average molecular weight is 283 g/mol. The van der Waals surface area contributed by atoms with Crippen molar-refractivity contribution in [3.05, 3.63) is 25.8 Å². The Kier molecular flexibility index (Phi) is 2.66. The van der Waals surface area contributed by atoms with E-state index in [4.69, 9.17) is 12.2 Å². The van der Waals surface area contributed by atoms with Crippen LogP contribution in [0.2, 0.25) is 0 Å². The minimum atomic E-state index is 0.809. The minimum absolute atomic E-state index is 0.809. The molecule has 0 fully saturated rings. The van der Waals surface area contributed by atoms with Crippen LogP contribution in [0.5, 0.6) is 0 Å². The lowest BCUT2D eigenvalue weighted by atomic mass is 10.5. The first-order chi connectivity index (χ1) is 4.61. The largest absolute Gasteiger partial charge is 0.340 e. The molecule has 0 saturated carbocycles. The number of nitrogens with zero attached hydrogens (tertiary/aromatic N) is 1. The van der Waals surface area contributed by atoms with E-state index in [1.165, 1.54) is 0 Å². The molecule has 1 heterocycles. The molecular formula is C6H5Br2NS. The Morgan fingerprint density at radius 3 is 2.60 bits per heavy atom. The van der Waals surface area contributed by atoms with Crippen molar-refractivity contribution in [2.75, 3.05) is 0 Å². The van der Waals surface area contributed by atoms with Crippen LogP contribution >= 0.6 is 44.1 Å². The van der Waals surface area contributed by atoms with Crippen LogP contribution in [0.1, 0.15) is 0 Å².